The number of hydrogen-bond acceptors (Lipinski definition) is 4. The molecule has 6 nitrogen and oxygen atoms in total. The number of carbonyl (C=O) groups excluding carboxylic acids is 2. The molecule has 1 N–H and O–H groups in total. The predicted octanol–water partition coefficient (Wildman–Crippen LogP) is 2.97. The third kappa shape index (κ3) is 4.15. The van der Waals surface area contributed by atoms with E-state index in [2.05, 4.69) is 10.3 Å². The highest BCUT2D eigenvalue weighted by Gasteiger charge is 2.19. The number of hydrogen-bond donors (Lipinski definition) is 1. The van der Waals surface area contributed by atoms with Crippen molar-refractivity contribution in [2.75, 3.05) is 25.0 Å². The van der Waals surface area contributed by atoms with Gasteiger partial charge in [0.1, 0.15) is 0 Å². The summed E-state index contributed by atoms with van der Waals surface area (Å²) < 4.78 is 5.26. The Bertz CT molecular complexity index is 753. The van der Waals surface area contributed by atoms with E-state index in [4.69, 9.17) is 4.74 Å². The van der Waals surface area contributed by atoms with Gasteiger partial charge in [0, 0.05) is 36.6 Å². The van der Waals surface area contributed by atoms with Crippen LogP contribution in [-0.2, 0) is 0 Å². The fourth-order valence-corrected chi connectivity index (χ4v) is 2.78. The topological polar surface area (TPSA) is 71.5 Å². The SMILES string of the molecule is CCOc1ccc(C(=O)Nc2cccc(C(=O)N3CCCC3)c2)cn1. The van der Waals surface area contributed by atoms with Crippen LogP contribution in [0.3, 0.4) is 0 Å². The van der Waals surface area contributed by atoms with E-state index in [9.17, 15) is 9.59 Å². The number of nitrogens with zero attached hydrogens (tertiary/aromatic N) is 2. The first kappa shape index (κ1) is 17.0. The van der Waals surface area contributed by atoms with Crippen LogP contribution in [0.4, 0.5) is 5.69 Å². The lowest BCUT2D eigenvalue weighted by Crippen LogP contribution is -2.27. The summed E-state index contributed by atoms with van der Waals surface area (Å²) in [7, 11) is 0. The number of pyridine rings is 1. The second kappa shape index (κ2) is 7.79. The number of amides is 2. The average molecular weight is 339 g/mol. The molecule has 1 aliphatic rings. The first-order valence-corrected chi connectivity index (χ1v) is 8.47. The number of carbonyl (C=O) groups is 2. The Balaban J connectivity index is 1.68. The van der Waals surface area contributed by atoms with Crippen molar-refractivity contribution in [2.24, 2.45) is 0 Å². The molecular weight excluding hydrogens is 318 g/mol. The van der Waals surface area contributed by atoms with Gasteiger partial charge in [-0.15, -0.1) is 0 Å². The number of ether oxygens (including phenoxy) is 1. The van der Waals surface area contributed by atoms with Crippen molar-refractivity contribution in [1.29, 1.82) is 0 Å². The van der Waals surface area contributed by atoms with Crippen molar-refractivity contribution in [3.8, 4) is 5.88 Å². The van der Waals surface area contributed by atoms with Crippen LogP contribution in [0.1, 0.15) is 40.5 Å². The minimum atomic E-state index is -0.277. The molecule has 1 aromatic carbocycles. The van der Waals surface area contributed by atoms with Crippen LogP contribution >= 0.6 is 0 Å². The third-order valence-electron chi connectivity index (χ3n) is 4.05. The minimum Gasteiger partial charge on any atom is -0.478 e. The fourth-order valence-electron chi connectivity index (χ4n) is 2.78. The molecule has 25 heavy (non-hydrogen) atoms. The van der Waals surface area contributed by atoms with E-state index < -0.39 is 0 Å². The number of aromatic nitrogens is 1. The van der Waals surface area contributed by atoms with E-state index in [-0.39, 0.29) is 11.8 Å². The summed E-state index contributed by atoms with van der Waals surface area (Å²) in [4.78, 5) is 30.7. The monoisotopic (exact) mass is 339 g/mol. The molecule has 1 saturated heterocycles. The Hall–Kier alpha value is -2.89. The first-order valence-electron chi connectivity index (χ1n) is 8.47. The molecule has 0 saturated carbocycles. The predicted molar refractivity (Wildman–Crippen MR) is 94.9 cm³/mol. The fraction of sp³-hybridized carbons (Fsp3) is 0.316. The van der Waals surface area contributed by atoms with Gasteiger partial charge in [0.2, 0.25) is 5.88 Å². The highest BCUT2D eigenvalue weighted by molar-refractivity contribution is 6.05. The molecule has 0 aliphatic carbocycles. The molecule has 1 aromatic heterocycles. The summed E-state index contributed by atoms with van der Waals surface area (Å²) >= 11 is 0. The molecule has 130 valence electrons. The zero-order valence-electron chi connectivity index (χ0n) is 14.2. The molecule has 3 rings (SSSR count). The summed E-state index contributed by atoms with van der Waals surface area (Å²) in [5, 5.41) is 2.81. The van der Waals surface area contributed by atoms with E-state index in [1.165, 1.54) is 6.20 Å². The Morgan fingerprint density at radius 1 is 1.16 bits per heavy atom. The Morgan fingerprint density at radius 2 is 1.96 bits per heavy atom. The van der Waals surface area contributed by atoms with Gasteiger partial charge in [0.15, 0.2) is 0 Å². The van der Waals surface area contributed by atoms with Crippen LogP contribution < -0.4 is 10.1 Å². The van der Waals surface area contributed by atoms with Crippen LogP contribution in [-0.4, -0.2) is 41.4 Å². The van der Waals surface area contributed by atoms with Crippen molar-refractivity contribution in [3.05, 3.63) is 53.7 Å². The zero-order valence-corrected chi connectivity index (χ0v) is 14.2. The van der Waals surface area contributed by atoms with E-state index >= 15 is 0 Å². The molecule has 1 fully saturated rings. The van der Waals surface area contributed by atoms with Gasteiger partial charge in [0.05, 0.1) is 12.2 Å². The maximum atomic E-state index is 12.4. The van der Waals surface area contributed by atoms with Gasteiger partial charge in [-0.2, -0.15) is 0 Å². The van der Waals surface area contributed by atoms with Gasteiger partial charge in [-0.25, -0.2) is 4.98 Å². The lowest BCUT2D eigenvalue weighted by Gasteiger charge is -2.15. The maximum Gasteiger partial charge on any atom is 0.257 e. The minimum absolute atomic E-state index is 0.0105. The van der Waals surface area contributed by atoms with Crippen LogP contribution in [0.2, 0.25) is 0 Å². The van der Waals surface area contributed by atoms with Gasteiger partial charge in [-0.1, -0.05) is 6.07 Å². The highest BCUT2D eigenvalue weighted by atomic mass is 16.5. The van der Waals surface area contributed by atoms with Crippen LogP contribution in [0.25, 0.3) is 0 Å². The third-order valence-corrected chi connectivity index (χ3v) is 4.05. The smallest absolute Gasteiger partial charge is 0.257 e. The van der Waals surface area contributed by atoms with Gasteiger partial charge in [-0.3, -0.25) is 9.59 Å². The molecule has 0 spiro atoms. The number of rotatable bonds is 5. The van der Waals surface area contributed by atoms with E-state index in [0.29, 0.717) is 29.3 Å². The highest BCUT2D eigenvalue weighted by Crippen LogP contribution is 2.17. The molecule has 6 heteroatoms. The molecule has 0 atom stereocenters. The number of likely N-dealkylation sites (tertiary alicyclic amines) is 1. The largest absolute Gasteiger partial charge is 0.478 e. The van der Waals surface area contributed by atoms with Crippen molar-refractivity contribution in [1.82, 2.24) is 9.88 Å². The number of anilines is 1. The zero-order chi connectivity index (χ0) is 17.6. The summed E-state index contributed by atoms with van der Waals surface area (Å²) in [6.45, 7) is 4.00. The lowest BCUT2D eigenvalue weighted by molar-refractivity contribution is 0.0792. The quantitative estimate of drug-likeness (QED) is 0.909. The summed E-state index contributed by atoms with van der Waals surface area (Å²) in [6.07, 6.45) is 3.57. The van der Waals surface area contributed by atoms with E-state index in [0.717, 1.165) is 25.9 Å². The van der Waals surface area contributed by atoms with Crippen LogP contribution in [0.15, 0.2) is 42.6 Å². The Labute approximate surface area is 146 Å². The molecular formula is C19H21N3O3. The van der Waals surface area contributed by atoms with Crippen molar-refractivity contribution >= 4 is 17.5 Å². The summed E-state index contributed by atoms with van der Waals surface area (Å²) in [5.41, 5.74) is 1.60. The van der Waals surface area contributed by atoms with Gasteiger partial charge in [-0.05, 0) is 44.0 Å². The molecule has 2 heterocycles. The van der Waals surface area contributed by atoms with E-state index in [1.807, 2.05) is 11.8 Å². The molecule has 0 unspecified atom stereocenters. The normalized spacial score (nSPS) is 13.6. The van der Waals surface area contributed by atoms with Gasteiger partial charge in [0.25, 0.3) is 11.8 Å². The van der Waals surface area contributed by atoms with Gasteiger partial charge >= 0.3 is 0 Å². The Kier molecular flexibility index (Phi) is 5.28. The average Bonchev–Trinajstić information content (AvgIpc) is 3.17. The summed E-state index contributed by atoms with van der Waals surface area (Å²) in [5.74, 6) is 0.218. The van der Waals surface area contributed by atoms with Crippen molar-refractivity contribution < 1.29 is 14.3 Å². The maximum absolute atomic E-state index is 12.4. The first-order chi connectivity index (χ1) is 12.2. The number of benzene rings is 1. The van der Waals surface area contributed by atoms with Crippen molar-refractivity contribution in [2.45, 2.75) is 19.8 Å². The molecule has 2 aromatic rings. The number of nitrogens with one attached hydrogen (secondary N) is 1. The van der Waals surface area contributed by atoms with Crippen molar-refractivity contribution in [3.63, 3.8) is 0 Å². The molecule has 0 bridgehead atoms. The van der Waals surface area contributed by atoms with Crippen LogP contribution in [0, 0.1) is 0 Å². The second-order valence-electron chi connectivity index (χ2n) is 5.85. The Morgan fingerprint density at radius 3 is 2.64 bits per heavy atom. The molecule has 2 amide bonds. The van der Waals surface area contributed by atoms with Crippen LogP contribution in [0.5, 0.6) is 5.88 Å². The lowest BCUT2D eigenvalue weighted by atomic mass is 10.1. The molecule has 0 radical (unpaired) electrons. The second-order valence-corrected chi connectivity index (χ2v) is 5.85. The standard InChI is InChI=1S/C19H21N3O3/c1-2-25-17-9-8-15(13-20-17)18(23)21-16-7-5-6-14(12-16)19(24)22-10-3-4-11-22/h5-9,12-13H,2-4,10-11H2,1H3,(H,21,23). The van der Waals surface area contributed by atoms with E-state index in [1.54, 1.807) is 36.4 Å². The van der Waals surface area contributed by atoms with Gasteiger partial charge < -0.3 is 15.0 Å². The summed E-state index contributed by atoms with van der Waals surface area (Å²) in [6, 6.07) is 10.3. The molecule has 1 aliphatic heterocycles.